The number of nitrogens with zero attached hydrogens (tertiary/aromatic N) is 1. The van der Waals surface area contributed by atoms with Gasteiger partial charge in [-0.25, -0.2) is 9.78 Å². The molecule has 0 spiro atoms. The number of nitrogens with two attached hydrogens (primary N) is 1. The normalized spacial score (nSPS) is 10.8. The summed E-state index contributed by atoms with van der Waals surface area (Å²) in [6, 6.07) is 12.8. The summed E-state index contributed by atoms with van der Waals surface area (Å²) < 4.78 is 10.4. The lowest BCUT2D eigenvalue weighted by atomic mass is 10.2. The minimum Gasteiger partial charge on any atom is -0.450 e. The van der Waals surface area contributed by atoms with Crippen LogP contribution in [0.15, 0.2) is 52.1 Å². The Morgan fingerprint density at radius 1 is 1.21 bits per heavy atom. The Morgan fingerprint density at radius 3 is 2.75 bits per heavy atom. The van der Waals surface area contributed by atoms with Crippen molar-refractivity contribution >= 4 is 46.5 Å². The van der Waals surface area contributed by atoms with Crippen molar-refractivity contribution in [3.05, 3.63) is 58.6 Å². The predicted molar refractivity (Wildman–Crippen MR) is 108 cm³/mol. The fourth-order valence-corrected chi connectivity index (χ4v) is 3.35. The van der Waals surface area contributed by atoms with Crippen LogP contribution in [0.1, 0.15) is 22.3 Å². The number of amides is 2. The van der Waals surface area contributed by atoms with Gasteiger partial charge in [-0.05, 0) is 36.2 Å². The van der Waals surface area contributed by atoms with Crippen LogP contribution in [0.25, 0.3) is 11.1 Å². The highest BCUT2D eigenvalue weighted by molar-refractivity contribution is 7.98. The molecule has 1 heterocycles. The average molecular weight is 420 g/mol. The number of carbonyl (C=O) groups excluding carboxylic acids is 2. The van der Waals surface area contributed by atoms with Gasteiger partial charge in [0, 0.05) is 17.3 Å². The quantitative estimate of drug-likeness (QED) is 0.422. The van der Waals surface area contributed by atoms with Crippen LogP contribution in [-0.4, -0.2) is 30.1 Å². The number of fused-ring (bicyclic) bond motifs is 1. The van der Waals surface area contributed by atoms with E-state index in [1.807, 2.05) is 24.3 Å². The first-order chi connectivity index (χ1) is 13.5. The minimum atomic E-state index is -0.831. The van der Waals surface area contributed by atoms with E-state index in [0.29, 0.717) is 45.6 Å². The Hall–Kier alpha value is -2.71. The van der Waals surface area contributed by atoms with E-state index in [1.165, 1.54) is 11.8 Å². The maximum Gasteiger partial charge on any atom is 0.404 e. The monoisotopic (exact) mass is 419 g/mol. The molecule has 7 nitrogen and oxygen atoms in total. The molecule has 0 unspecified atom stereocenters. The number of rotatable bonds is 8. The van der Waals surface area contributed by atoms with Gasteiger partial charge in [-0.2, -0.15) is 0 Å². The van der Waals surface area contributed by atoms with Crippen LogP contribution in [-0.2, 0) is 10.5 Å². The van der Waals surface area contributed by atoms with Crippen LogP contribution in [0.5, 0.6) is 0 Å². The van der Waals surface area contributed by atoms with Gasteiger partial charge in [0.1, 0.15) is 5.52 Å². The predicted octanol–water partition coefficient (Wildman–Crippen LogP) is 3.99. The summed E-state index contributed by atoms with van der Waals surface area (Å²) in [5, 5.41) is 3.94. The largest absolute Gasteiger partial charge is 0.450 e. The number of thioether (sulfide) groups is 1. The number of benzene rings is 2. The number of hydrogen-bond donors (Lipinski definition) is 2. The van der Waals surface area contributed by atoms with Crippen molar-refractivity contribution in [3.8, 4) is 0 Å². The number of nitrogens with one attached hydrogen (secondary N) is 1. The van der Waals surface area contributed by atoms with Gasteiger partial charge in [-0.3, -0.25) is 4.79 Å². The zero-order chi connectivity index (χ0) is 19.9. The average Bonchev–Trinajstić information content (AvgIpc) is 3.10. The molecule has 146 valence electrons. The molecular weight excluding hydrogens is 402 g/mol. The molecular formula is C19H18ClN3O4S. The topological polar surface area (TPSA) is 107 Å². The van der Waals surface area contributed by atoms with Crippen LogP contribution in [0, 0.1) is 0 Å². The van der Waals surface area contributed by atoms with Gasteiger partial charge >= 0.3 is 6.09 Å². The van der Waals surface area contributed by atoms with Crippen LogP contribution >= 0.6 is 23.4 Å². The molecule has 0 bridgehead atoms. The molecule has 0 saturated carbocycles. The SMILES string of the molecule is NC(=O)OCCCNC(=O)c1cccc2oc(SCc3ccc(Cl)cc3)nc12. The van der Waals surface area contributed by atoms with Crippen molar-refractivity contribution in [1.29, 1.82) is 0 Å². The Bertz CT molecular complexity index is 975. The number of aromatic nitrogens is 1. The molecule has 3 rings (SSSR count). The zero-order valence-electron chi connectivity index (χ0n) is 14.8. The van der Waals surface area contributed by atoms with Gasteiger partial charge in [0.25, 0.3) is 11.1 Å². The molecule has 28 heavy (non-hydrogen) atoms. The van der Waals surface area contributed by atoms with Crippen molar-refractivity contribution in [2.24, 2.45) is 5.73 Å². The van der Waals surface area contributed by atoms with E-state index in [2.05, 4.69) is 15.0 Å². The second-order valence-electron chi connectivity index (χ2n) is 5.82. The third-order valence-corrected chi connectivity index (χ3v) is 4.92. The first-order valence-corrected chi connectivity index (χ1v) is 9.86. The van der Waals surface area contributed by atoms with Gasteiger partial charge in [0.15, 0.2) is 5.58 Å². The molecule has 0 radical (unpaired) electrons. The molecule has 0 fully saturated rings. The lowest BCUT2D eigenvalue weighted by Gasteiger charge is -2.05. The smallest absolute Gasteiger partial charge is 0.404 e. The highest BCUT2D eigenvalue weighted by Crippen LogP contribution is 2.28. The van der Waals surface area contributed by atoms with Gasteiger partial charge in [-0.1, -0.05) is 41.6 Å². The highest BCUT2D eigenvalue weighted by Gasteiger charge is 2.15. The molecule has 3 aromatic rings. The summed E-state index contributed by atoms with van der Waals surface area (Å²) in [5.41, 5.74) is 7.45. The Balaban J connectivity index is 1.62. The lowest BCUT2D eigenvalue weighted by Crippen LogP contribution is -2.26. The lowest BCUT2D eigenvalue weighted by molar-refractivity contribution is 0.0951. The van der Waals surface area contributed by atoms with Crippen molar-refractivity contribution in [2.45, 2.75) is 17.4 Å². The van der Waals surface area contributed by atoms with Gasteiger partial charge < -0.3 is 20.2 Å². The molecule has 0 atom stereocenters. The minimum absolute atomic E-state index is 0.148. The molecule has 2 aromatic carbocycles. The number of para-hydroxylation sites is 1. The van der Waals surface area contributed by atoms with Crippen LogP contribution in [0.3, 0.4) is 0 Å². The first-order valence-electron chi connectivity index (χ1n) is 8.50. The van der Waals surface area contributed by atoms with E-state index in [1.54, 1.807) is 18.2 Å². The van der Waals surface area contributed by atoms with Gasteiger partial charge in [0.05, 0.1) is 12.2 Å². The Labute approximate surface area is 170 Å². The summed E-state index contributed by atoms with van der Waals surface area (Å²) in [6.45, 7) is 0.494. The van der Waals surface area contributed by atoms with E-state index in [4.69, 9.17) is 21.8 Å². The molecule has 0 aliphatic heterocycles. The van der Waals surface area contributed by atoms with E-state index in [-0.39, 0.29) is 12.5 Å². The molecule has 0 aliphatic carbocycles. The molecule has 2 amide bonds. The second-order valence-corrected chi connectivity index (χ2v) is 7.19. The standard InChI is InChI=1S/C19H18ClN3O4S/c20-13-7-5-12(6-8-13)11-28-19-23-16-14(3-1-4-15(16)27-19)17(24)22-9-2-10-26-18(21)25/h1,3-8H,2,9-11H2,(H2,21,25)(H,22,24). The van der Waals surface area contributed by atoms with E-state index < -0.39 is 6.09 Å². The van der Waals surface area contributed by atoms with E-state index in [9.17, 15) is 9.59 Å². The number of carbonyl (C=O) groups is 2. The fourth-order valence-electron chi connectivity index (χ4n) is 2.44. The number of ether oxygens (including phenoxy) is 1. The van der Waals surface area contributed by atoms with Crippen LogP contribution < -0.4 is 11.1 Å². The number of primary amides is 1. The van der Waals surface area contributed by atoms with Crippen molar-refractivity contribution in [3.63, 3.8) is 0 Å². The van der Waals surface area contributed by atoms with E-state index >= 15 is 0 Å². The second kappa shape index (κ2) is 9.48. The summed E-state index contributed by atoms with van der Waals surface area (Å²) in [6.07, 6.45) is -0.367. The summed E-state index contributed by atoms with van der Waals surface area (Å²) >= 11 is 7.33. The molecule has 0 saturated heterocycles. The highest BCUT2D eigenvalue weighted by atomic mass is 35.5. The summed E-state index contributed by atoms with van der Waals surface area (Å²) in [5.74, 6) is 0.401. The number of oxazole rings is 1. The maximum atomic E-state index is 12.4. The first kappa shape index (κ1) is 20.0. The number of halogens is 1. The zero-order valence-corrected chi connectivity index (χ0v) is 16.4. The van der Waals surface area contributed by atoms with Crippen molar-refractivity contribution < 1.29 is 18.7 Å². The van der Waals surface area contributed by atoms with Crippen molar-refractivity contribution in [1.82, 2.24) is 10.3 Å². The van der Waals surface area contributed by atoms with Crippen LogP contribution in [0.2, 0.25) is 5.02 Å². The van der Waals surface area contributed by atoms with E-state index in [0.717, 1.165) is 5.56 Å². The fraction of sp³-hybridized carbons (Fsp3) is 0.211. The summed E-state index contributed by atoms with van der Waals surface area (Å²) in [7, 11) is 0. The Morgan fingerprint density at radius 2 is 2.00 bits per heavy atom. The third kappa shape index (κ3) is 5.40. The molecule has 9 heteroatoms. The molecule has 0 aliphatic rings. The third-order valence-electron chi connectivity index (χ3n) is 3.77. The van der Waals surface area contributed by atoms with Gasteiger partial charge in [-0.15, -0.1) is 0 Å². The molecule has 3 N–H and O–H groups in total. The number of hydrogen-bond acceptors (Lipinski definition) is 6. The van der Waals surface area contributed by atoms with Gasteiger partial charge in [0.2, 0.25) is 0 Å². The Kier molecular flexibility index (Phi) is 6.78. The maximum absolute atomic E-state index is 12.4. The molecule has 1 aromatic heterocycles. The summed E-state index contributed by atoms with van der Waals surface area (Å²) in [4.78, 5) is 27.4. The van der Waals surface area contributed by atoms with Crippen molar-refractivity contribution in [2.75, 3.05) is 13.2 Å². The van der Waals surface area contributed by atoms with Crippen LogP contribution in [0.4, 0.5) is 4.79 Å².